The molecule has 2 heterocycles. The van der Waals surface area contributed by atoms with Gasteiger partial charge in [-0.05, 0) is 81.1 Å². The molecule has 34 heavy (non-hydrogen) atoms. The lowest BCUT2D eigenvalue weighted by Gasteiger charge is -2.36. The third kappa shape index (κ3) is 5.58. The van der Waals surface area contributed by atoms with Crippen molar-refractivity contribution in [2.75, 3.05) is 11.4 Å². The first-order chi connectivity index (χ1) is 16.4. The summed E-state index contributed by atoms with van der Waals surface area (Å²) in [6.45, 7) is 3.00. The van der Waals surface area contributed by atoms with Crippen LogP contribution in [0.3, 0.4) is 0 Å². The molecule has 0 spiro atoms. The fourth-order valence-electron chi connectivity index (χ4n) is 4.43. The molecule has 1 aliphatic heterocycles. The molecule has 178 valence electrons. The van der Waals surface area contributed by atoms with E-state index in [1.54, 1.807) is 24.3 Å². The first-order valence-corrected chi connectivity index (χ1v) is 11.8. The minimum absolute atomic E-state index is 0.210. The maximum absolute atomic E-state index is 13.6. The van der Waals surface area contributed by atoms with Crippen LogP contribution in [0.2, 0.25) is 0 Å². The van der Waals surface area contributed by atoms with E-state index in [-0.39, 0.29) is 18.1 Å². The summed E-state index contributed by atoms with van der Waals surface area (Å²) in [5, 5.41) is 8.81. The van der Waals surface area contributed by atoms with Crippen molar-refractivity contribution in [1.29, 1.82) is 0 Å². The second-order valence-corrected chi connectivity index (χ2v) is 8.84. The number of aryl methyl sites for hydroxylation is 1. The summed E-state index contributed by atoms with van der Waals surface area (Å²) in [7, 11) is 0. The van der Waals surface area contributed by atoms with Crippen LogP contribution in [-0.4, -0.2) is 33.6 Å². The fraction of sp³-hybridized carbons (Fsp3) is 0.370. The zero-order chi connectivity index (χ0) is 24.1. The number of rotatable bonds is 9. The van der Waals surface area contributed by atoms with Gasteiger partial charge in [-0.1, -0.05) is 12.8 Å². The molecule has 1 atom stereocenters. The largest absolute Gasteiger partial charge is 0.481 e. The molecule has 3 aromatic rings. The number of anilines is 1. The van der Waals surface area contributed by atoms with Crippen molar-refractivity contribution in [2.45, 2.75) is 57.9 Å². The zero-order valence-corrected chi connectivity index (χ0v) is 19.3. The van der Waals surface area contributed by atoms with Crippen LogP contribution in [0.4, 0.5) is 14.6 Å². The second-order valence-electron chi connectivity index (χ2n) is 8.84. The highest BCUT2D eigenvalue weighted by Gasteiger charge is 2.27. The van der Waals surface area contributed by atoms with Gasteiger partial charge in [0, 0.05) is 30.1 Å². The maximum atomic E-state index is 13.6. The molecule has 1 aliphatic rings. The Labute approximate surface area is 198 Å². The maximum Gasteiger partial charge on any atom is 0.303 e. The van der Waals surface area contributed by atoms with Crippen molar-refractivity contribution in [2.24, 2.45) is 0 Å². The molecule has 0 fully saturated rings. The summed E-state index contributed by atoms with van der Waals surface area (Å²) >= 11 is 0. The molecule has 5 nitrogen and oxygen atoms in total. The molecule has 1 N–H and O–H groups in total. The van der Waals surface area contributed by atoms with Crippen molar-refractivity contribution in [3.8, 4) is 22.5 Å². The van der Waals surface area contributed by atoms with Crippen LogP contribution in [0.15, 0.2) is 48.5 Å². The lowest BCUT2D eigenvalue weighted by molar-refractivity contribution is -0.137. The van der Waals surface area contributed by atoms with Gasteiger partial charge in [0.15, 0.2) is 5.82 Å². The zero-order valence-electron chi connectivity index (χ0n) is 19.3. The summed E-state index contributed by atoms with van der Waals surface area (Å²) in [5.41, 5.74) is 3.73. The van der Waals surface area contributed by atoms with E-state index in [1.165, 1.54) is 24.3 Å². The number of unbranched alkanes of at least 4 members (excludes halogenated alkanes) is 3. The van der Waals surface area contributed by atoms with Gasteiger partial charge in [0.2, 0.25) is 0 Å². The van der Waals surface area contributed by atoms with Crippen molar-refractivity contribution >= 4 is 11.8 Å². The highest BCUT2D eigenvalue weighted by molar-refractivity contribution is 5.79. The van der Waals surface area contributed by atoms with E-state index in [0.29, 0.717) is 23.9 Å². The highest BCUT2D eigenvalue weighted by atomic mass is 19.1. The van der Waals surface area contributed by atoms with Crippen LogP contribution in [-0.2, 0) is 11.2 Å². The number of carboxylic acid groups (broad SMARTS) is 1. The van der Waals surface area contributed by atoms with E-state index in [4.69, 9.17) is 15.1 Å². The topological polar surface area (TPSA) is 66.3 Å². The van der Waals surface area contributed by atoms with Crippen molar-refractivity contribution in [3.63, 3.8) is 0 Å². The standard InChI is InChI=1S/C27H29F2N3O2/c1-18-7-16-23-27(32(18)17-5-3-2-4-6-24(33)34)31-26(20-10-14-22(29)15-11-20)25(30-23)19-8-12-21(28)13-9-19/h8-15,18H,2-7,16-17H2,1H3,(H,33,34). The van der Waals surface area contributed by atoms with E-state index < -0.39 is 5.97 Å². The van der Waals surface area contributed by atoms with Crippen LogP contribution < -0.4 is 4.90 Å². The summed E-state index contributed by atoms with van der Waals surface area (Å²) in [6, 6.07) is 12.7. The summed E-state index contributed by atoms with van der Waals surface area (Å²) in [5.74, 6) is -0.550. The molecule has 0 saturated carbocycles. The monoisotopic (exact) mass is 465 g/mol. The average molecular weight is 466 g/mol. The number of halogens is 2. The Bertz CT molecular complexity index is 1130. The quantitative estimate of drug-likeness (QED) is 0.378. The van der Waals surface area contributed by atoms with Crippen molar-refractivity contribution < 1.29 is 18.7 Å². The van der Waals surface area contributed by atoms with Crippen LogP contribution in [0, 0.1) is 11.6 Å². The molecular weight excluding hydrogens is 436 g/mol. The van der Waals surface area contributed by atoms with Crippen LogP contribution >= 0.6 is 0 Å². The number of aromatic nitrogens is 2. The number of carbonyl (C=O) groups is 1. The molecule has 0 bridgehead atoms. The molecule has 0 radical (unpaired) electrons. The normalized spacial score (nSPS) is 15.3. The van der Waals surface area contributed by atoms with Gasteiger partial charge in [0.1, 0.15) is 11.6 Å². The summed E-state index contributed by atoms with van der Waals surface area (Å²) in [4.78, 5) is 23.0. The number of carboxylic acids is 1. The third-order valence-electron chi connectivity index (χ3n) is 6.32. The van der Waals surface area contributed by atoms with Gasteiger partial charge in [0.05, 0.1) is 17.1 Å². The first-order valence-electron chi connectivity index (χ1n) is 11.8. The number of aliphatic carboxylic acids is 1. The van der Waals surface area contributed by atoms with Gasteiger partial charge >= 0.3 is 5.97 Å². The van der Waals surface area contributed by atoms with E-state index in [0.717, 1.165) is 61.3 Å². The number of hydrogen-bond acceptors (Lipinski definition) is 4. The molecule has 0 saturated heterocycles. The Morgan fingerprint density at radius 2 is 1.47 bits per heavy atom. The van der Waals surface area contributed by atoms with Gasteiger partial charge in [-0.15, -0.1) is 0 Å². The Kier molecular flexibility index (Phi) is 7.50. The molecular formula is C27H29F2N3O2. The SMILES string of the molecule is CC1CCc2nc(-c3ccc(F)cc3)c(-c3ccc(F)cc3)nc2N1CCCCCCC(=O)O. The molecule has 7 heteroatoms. The van der Waals surface area contributed by atoms with Gasteiger partial charge in [-0.25, -0.2) is 18.7 Å². The predicted octanol–water partition coefficient (Wildman–Crippen LogP) is 6.27. The molecule has 4 rings (SSSR count). The van der Waals surface area contributed by atoms with Crippen LogP contribution in [0.5, 0.6) is 0 Å². The lowest BCUT2D eigenvalue weighted by atomic mass is 9.99. The Hall–Kier alpha value is -3.35. The van der Waals surface area contributed by atoms with Gasteiger partial charge in [-0.2, -0.15) is 0 Å². The van der Waals surface area contributed by atoms with E-state index >= 15 is 0 Å². The lowest BCUT2D eigenvalue weighted by Crippen LogP contribution is -2.39. The van der Waals surface area contributed by atoms with Gasteiger partial charge < -0.3 is 10.0 Å². The minimum Gasteiger partial charge on any atom is -0.481 e. The van der Waals surface area contributed by atoms with E-state index in [2.05, 4.69) is 11.8 Å². The predicted molar refractivity (Wildman–Crippen MR) is 129 cm³/mol. The molecule has 1 aromatic heterocycles. The van der Waals surface area contributed by atoms with Crippen LogP contribution in [0.25, 0.3) is 22.5 Å². The first kappa shape index (κ1) is 23.8. The van der Waals surface area contributed by atoms with Gasteiger partial charge in [-0.3, -0.25) is 4.79 Å². The summed E-state index contributed by atoms with van der Waals surface area (Å²) < 4.78 is 27.2. The molecule has 2 aromatic carbocycles. The van der Waals surface area contributed by atoms with Gasteiger partial charge in [0.25, 0.3) is 0 Å². The average Bonchev–Trinajstić information content (AvgIpc) is 2.82. The number of nitrogens with zero attached hydrogens (tertiary/aromatic N) is 3. The third-order valence-corrected chi connectivity index (χ3v) is 6.32. The number of benzene rings is 2. The fourth-order valence-corrected chi connectivity index (χ4v) is 4.43. The number of fused-ring (bicyclic) bond motifs is 1. The van der Waals surface area contributed by atoms with E-state index in [9.17, 15) is 13.6 Å². The van der Waals surface area contributed by atoms with Crippen molar-refractivity contribution in [1.82, 2.24) is 9.97 Å². The smallest absolute Gasteiger partial charge is 0.303 e. The Morgan fingerprint density at radius 1 is 0.912 bits per heavy atom. The molecule has 0 aliphatic carbocycles. The Morgan fingerprint density at radius 3 is 2.06 bits per heavy atom. The highest BCUT2D eigenvalue weighted by Crippen LogP contribution is 2.36. The molecule has 0 amide bonds. The summed E-state index contributed by atoms with van der Waals surface area (Å²) in [6.07, 6.45) is 5.44. The molecule has 1 unspecified atom stereocenters. The van der Waals surface area contributed by atoms with Crippen LogP contribution in [0.1, 0.15) is 51.1 Å². The van der Waals surface area contributed by atoms with Crippen molar-refractivity contribution in [3.05, 3.63) is 65.9 Å². The second kappa shape index (κ2) is 10.7. The Balaban J connectivity index is 1.65. The minimum atomic E-state index is -0.751. The van der Waals surface area contributed by atoms with E-state index in [1.807, 2.05) is 0 Å². The number of hydrogen-bond donors (Lipinski definition) is 1.